The number of hydrogen-bond acceptors (Lipinski definition) is 6. The molecular formula is C15H21ClN4O5S. The zero-order chi connectivity index (χ0) is 18.0. The molecule has 3 rings (SSSR count). The first kappa shape index (κ1) is 20.6. The van der Waals surface area contributed by atoms with E-state index in [1.807, 2.05) is 0 Å². The van der Waals surface area contributed by atoms with Crippen LogP contribution in [0.5, 0.6) is 0 Å². The van der Waals surface area contributed by atoms with Gasteiger partial charge in [-0.1, -0.05) is 12.1 Å². The summed E-state index contributed by atoms with van der Waals surface area (Å²) in [4.78, 5) is 24.1. The van der Waals surface area contributed by atoms with Gasteiger partial charge in [-0.3, -0.25) is 14.9 Å². The Morgan fingerprint density at radius 1 is 1.19 bits per heavy atom. The average molecular weight is 405 g/mol. The first-order valence-corrected chi connectivity index (χ1v) is 9.61. The monoisotopic (exact) mass is 404 g/mol. The van der Waals surface area contributed by atoms with Gasteiger partial charge in [0, 0.05) is 32.2 Å². The smallest absolute Gasteiger partial charge is 0.289 e. The number of halogens is 1. The van der Waals surface area contributed by atoms with Gasteiger partial charge >= 0.3 is 0 Å². The number of benzene rings is 1. The highest BCUT2D eigenvalue weighted by atomic mass is 35.5. The lowest BCUT2D eigenvalue weighted by atomic mass is 10.2. The van der Waals surface area contributed by atoms with Crippen LogP contribution in [0.3, 0.4) is 0 Å². The van der Waals surface area contributed by atoms with Gasteiger partial charge in [-0.15, -0.1) is 12.4 Å². The second kappa shape index (κ2) is 8.30. The van der Waals surface area contributed by atoms with E-state index in [9.17, 15) is 23.3 Å². The van der Waals surface area contributed by atoms with E-state index in [1.165, 1.54) is 28.6 Å². The van der Waals surface area contributed by atoms with Crippen LogP contribution in [0.1, 0.15) is 12.8 Å². The van der Waals surface area contributed by atoms with Crippen LogP contribution < -0.4 is 5.32 Å². The molecule has 26 heavy (non-hydrogen) atoms. The number of para-hydroxylation sites is 1. The molecule has 2 aliphatic rings. The Bertz CT molecular complexity index is 774. The standard InChI is InChI=1S/C15H20N4O5S.ClH/c20-15(12-4-3-7-16-12)17-8-10-18(11-9-17)25(23,24)14-6-2-1-5-13(14)19(21)22;/h1-2,5-6,12,16H,3-4,7-11H2;1H. The molecule has 1 atom stereocenters. The summed E-state index contributed by atoms with van der Waals surface area (Å²) in [5.41, 5.74) is -0.434. The van der Waals surface area contributed by atoms with E-state index >= 15 is 0 Å². The van der Waals surface area contributed by atoms with Crippen molar-refractivity contribution in [1.29, 1.82) is 0 Å². The molecule has 0 bridgehead atoms. The van der Waals surface area contributed by atoms with Crippen LogP contribution in [0.15, 0.2) is 29.2 Å². The lowest BCUT2D eigenvalue weighted by Crippen LogP contribution is -2.54. The first-order valence-electron chi connectivity index (χ1n) is 8.17. The fraction of sp³-hybridized carbons (Fsp3) is 0.533. The second-order valence-corrected chi connectivity index (χ2v) is 8.01. The maximum absolute atomic E-state index is 12.8. The van der Waals surface area contributed by atoms with Gasteiger partial charge < -0.3 is 10.2 Å². The average Bonchev–Trinajstić information content (AvgIpc) is 3.16. The molecule has 2 fully saturated rings. The normalized spacial score (nSPS) is 21.2. The van der Waals surface area contributed by atoms with E-state index in [0.717, 1.165) is 19.4 Å². The number of rotatable bonds is 4. The van der Waals surface area contributed by atoms with Crippen molar-refractivity contribution < 1.29 is 18.1 Å². The third-order valence-corrected chi connectivity index (χ3v) is 6.53. The third kappa shape index (κ3) is 3.98. The van der Waals surface area contributed by atoms with Crippen LogP contribution in [-0.2, 0) is 14.8 Å². The van der Waals surface area contributed by atoms with Gasteiger partial charge in [0.15, 0.2) is 4.90 Å². The fourth-order valence-corrected chi connectivity index (χ4v) is 4.81. The van der Waals surface area contributed by atoms with Crippen molar-refractivity contribution in [2.45, 2.75) is 23.8 Å². The van der Waals surface area contributed by atoms with E-state index < -0.39 is 20.6 Å². The number of hydrogen-bond donors (Lipinski definition) is 1. The molecule has 0 aliphatic carbocycles. The van der Waals surface area contributed by atoms with Gasteiger partial charge in [0.05, 0.1) is 11.0 Å². The number of nitrogens with zero attached hydrogens (tertiary/aromatic N) is 3. The number of nitro benzene ring substituents is 1. The maximum Gasteiger partial charge on any atom is 0.289 e. The van der Waals surface area contributed by atoms with E-state index in [2.05, 4.69) is 5.32 Å². The fourth-order valence-electron chi connectivity index (χ4n) is 3.23. The summed E-state index contributed by atoms with van der Waals surface area (Å²) in [7, 11) is -3.97. The highest BCUT2D eigenvalue weighted by Gasteiger charge is 2.36. The van der Waals surface area contributed by atoms with Crippen molar-refractivity contribution in [3.63, 3.8) is 0 Å². The lowest BCUT2D eigenvalue weighted by molar-refractivity contribution is -0.387. The number of amides is 1. The molecule has 9 nitrogen and oxygen atoms in total. The molecule has 1 N–H and O–H groups in total. The van der Waals surface area contributed by atoms with Gasteiger partial charge in [-0.05, 0) is 25.5 Å². The molecule has 0 radical (unpaired) electrons. The summed E-state index contributed by atoms with van der Waals surface area (Å²) < 4.78 is 26.7. The minimum absolute atomic E-state index is 0. The molecule has 0 aromatic heterocycles. The zero-order valence-electron chi connectivity index (χ0n) is 14.0. The summed E-state index contributed by atoms with van der Waals surface area (Å²) in [6.07, 6.45) is 1.76. The number of nitrogens with one attached hydrogen (secondary N) is 1. The number of sulfonamides is 1. The number of piperazine rings is 1. The molecule has 0 saturated carbocycles. The largest absolute Gasteiger partial charge is 0.339 e. The summed E-state index contributed by atoms with van der Waals surface area (Å²) >= 11 is 0. The SMILES string of the molecule is Cl.O=C(C1CCCN1)N1CCN(S(=O)(=O)c2ccccc2[N+](=O)[O-])CC1. The Morgan fingerprint density at radius 2 is 1.85 bits per heavy atom. The summed E-state index contributed by atoms with van der Waals surface area (Å²) in [6.45, 7) is 1.66. The second-order valence-electron chi connectivity index (χ2n) is 6.10. The quantitative estimate of drug-likeness (QED) is 0.580. The summed E-state index contributed by atoms with van der Waals surface area (Å²) in [5, 5.41) is 14.2. The maximum atomic E-state index is 12.8. The van der Waals surface area contributed by atoms with Crippen molar-refractivity contribution in [2.24, 2.45) is 0 Å². The van der Waals surface area contributed by atoms with Gasteiger partial charge in [-0.25, -0.2) is 8.42 Å². The highest BCUT2D eigenvalue weighted by Crippen LogP contribution is 2.27. The molecule has 1 unspecified atom stereocenters. The topological polar surface area (TPSA) is 113 Å². The number of nitro groups is 1. The van der Waals surface area contributed by atoms with Crippen LogP contribution in [-0.4, -0.2) is 67.2 Å². The number of carbonyl (C=O) groups excluding carboxylic acids is 1. The minimum atomic E-state index is -3.97. The highest BCUT2D eigenvalue weighted by molar-refractivity contribution is 7.89. The molecule has 11 heteroatoms. The molecule has 1 amide bonds. The molecule has 0 spiro atoms. The minimum Gasteiger partial charge on any atom is -0.339 e. The predicted octanol–water partition coefficient (Wildman–Crippen LogP) is 0.601. The Balaban J connectivity index is 0.00000243. The third-order valence-electron chi connectivity index (χ3n) is 4.59. The van der Waals surface area contributed by atoms with Crippen molar-refractivity contribution in [1.82, 2.24) is 14.5 Å². The van der Waals surface area contributed by atoms with Crippen LogP contribution in [0.2, 0.25) is 0 Å². The summed E-state index contributed by atoms with van der Waals surface area (Å²) in [5.74, 6) is 0.000222. The van der Waals surface area contributed by atoms with Gasteiger partial charge in [0.2, 0.25) is 15.9 Å². The van der Waals surface area contributed by atoms with Gasteiger partial charge in [0.25, 0.3) is 5.69 Å². The molecule has 2 aliphatic heterocycles. The van der Waals surface area contributed by atoms with Crippen LogP contribution in [0.25, 0.3) is 0 Å². The van der Waals surface area contributed by atoms with Crippen LogP contribution >= 0.6 is 12.4 Å². The molecule has 2 heterocycles. The lowest BCUT2D eigenvalue weighted by Gasteiger charge is -2.35. The van der Waals surface area contributed by atoms with E-state index in [0.29, 0.717) is 0 Å². The van der Waals surface area contributed by atoms with E-state index in [1.54, 1.807) is 4.90 Å². The molecule has 1 aromatic rings. The van der Waals surface area contributed by atoms with Crippen LogP contribution in [0.4, 0.5) is 5.69 Å². The predicted molar refractivity (Wildman–Crippen MR) is 96.7 cm³/mol. The Hall–Kier alpha value is -1.75. The van der Waals surface area contributed by atoms with E-state index in [4.69, 9.17) is 0 Å². The van der Waals surface area contributed by atoms with Crippen molar-refractivity contribution in [3.8, 4) is 0 Å². The van der Waals surface area contributed by atoms with Crippen molar-refractivity contribution in [2.75, 3.05) is 32.7 Å². The Kier molecular flexibility index (Phi) is 6.56. The Morgan fingerprint density at radius 3 is 2.42 bits per heavy atom. The molecule has 2 saturated heterocycles. The van der Waals surface area contributed by atoms with Crippen molar-refractivity contribution in [3.05, 3.63) is 34.4 Å². The van der Waals surface area contributed by atoms with Crippen LogP contribution in [0, 0.1) is 10.1 Å². The van der Waals surface area contributed by atoms with E-state index in [-0.39, 0.29) is 55.4 Å². The molecule has 144 valence electrons. The van der Waals surface area contributed by atoms with Gasteiger partial charge in [0.1, 0.15) is 0 Å². The molecular weight excluding hydrogens is 384 g/mol. The van der Waals surface area contributed by atoms with Crippen molar-refractivity contribution >= 4 is 34.0 Å². The Labute approximate surface area is 158 Å². The number of carbonyl (C=O) groups is 1. The zero-order valence-corrected chi connectivity index (χ0v) is 15.7. The first-order chi connectivity index (χ1) is 11.9. The summed E-state index contributed by atoms with van der Waals surface area (Å²) in [6, 6.07) is 5.14. The molecule has 1 aromatic carbocycles. The van der Waals surface area contributed by atoms with Gasteiger partial charge in [-0.2, -0.15) is 4.31 Å².